The average Bonchev–Trinajstić information content (AvgIpc) is 2.57. The van der Waals surface area contributed by atoms with E-state index in [1.807, 2.05) is 24.9 Å². The van der Waals surface area contributed by atoms with E-state index >= 15 is 0 Å². The average molecular weight is 204 g/mol. The summed E-state index contributed by atoms with van der Waals surface area (Å²) in [5.41, 5.74) is 3.42. The van der Waals surface area contributed by atoms with Gasteiger partial charge in [0, 0.05) is 7.05 Å². The number of aromatic nitrogens is 2. The quantitative estimate of drug-likeness (QED) is 0.829. The molecule has 0 fully saturated rings. The van der Waals surface area contributed by atoms with Gasteiger partial charge in [0.05, 0.1) is 23.5 Å². The monoisotopic (exact) mass is 204 g/mol. The van der Waals surface area contributed by atoms with Crippen LogP contribution in [0.25, 0.3) is 11.0 Å². The lowest BCUT2D eigenvalue weighted by atomic mass is 10.1. The van der Waals surface area contributed by atoms with Crippen molar-refractivity contribution in [3.05, 3.63) is 30.1 Å². The summed E-state index contributed by atoms with van der Waals surface area (Å²) < 4.78 is 2.01. The predicted octanol–water partition coefficient (Wildman–Crippen LogP) is 1.89. The highest BCUT2D eigenvalue weighted by atomic mass is 16.3. The topological polar surface area (TPSA) is 38.1 Å². The van der Waals surface area contributed by atoms with Crippen molar-refractivity contribution in [2.75, 3.05) is 0 Å². The Morgan fingerprint density at radius 1 is 1.47 bits per heavy atom. The zero-order valence-corrected chi connectivity index (χ0v) is 9.14. The van der Waals surface area contributed by atoms with Crippen LogP contribution in [0.5, 0.6) is 0 Å². The highest BCUT2D eigenvalue weighted by molar-refractivity contribution is 5.75. The molecule has 0 aliphatic rings. The minimum atomic E-state index is -0.232. The van der Waals surface area contributed by atoms with E-state index in [1.54, 1.807) is 0 Å². The van der Waals surface area contributed by atoms with E-state index in [0.29, 0.717) is 0 Å². The number of rotatable bonds is 3. The zero-order chi connectivity index (χ0) is 10.8. The van der Waals surface area contributed by atoms with E-state index in [1.165, 1.54) is 5.56 Å². The number of fused-ring (bicyclic) bond motifs is 1. The van der Waals surface area contributed by atoms with Crippen LogP contribution in [-0.2, 0) is 13.5 Å². The molecule has 0 radical (unpaired) electrons. The van der Waals surface area contributed by atoms with Crippen LogP contribution in [0.2, 0.25) is 0 Å². The van der Waals surface area contributed by atoms with E-state index in [0.717, 1.165) is 23.9 Å². The van der Waals surface area contributed by atoms with Crippen LogP contribution < -0.4 is 0 Å². The third-order valence-corrected chi connectivity index (χ3v) is 2.64. The fourth-order valence-corrected chi connectivity index (χ4v) is 1.71. The first-order valence-corrected chi connectivity index (χ1v) is 5.25. The van der Waals surface area contributed by atoms with Crippen LogP contribution in [0, 0.1) is 0 Å². The molecular formula is C12H16N2O. The van der Waals surface area contributed by atoms with Gasteiger partial charge in [0.15, 0.2) is 0 Å². The second-order valence-electron chi connectivity index (χ2n) is 4.07. The van der Waals surface area contributed by atoms with Gasteiger partial charge >= 0.3 is 0 Å². The van der Waals surface area contributed by atoms with Crippen molar-refractivity contribution in [2.45, 2.75) is 25.9 Å². The lowest BCUT2D eigenvalue weighted by Gasteiger charge is -2.04. The Kier molecular flexibility index (Phi) is 2.73. The van der Waals surface area contributed by atoms with Crippen molar-refractivity contribution in [1.29, 1.82) is 0 Å². The van der Waals surface area contributed by atoms with Gasteiger partial charge in [-0.05, 0) is 37.5 Å². The maximum atomic E-state index is 9.21. The summed E-state index contributed by atoms with van der Waals surface area (Å²) in [5, 5.41) is 9.21. The summed E-state index contributed by atoms with van der Waals surface area (Å²) in [6.07, 6.45) is 3.30. The van der Waals surface area contributed by atoms with Gasteiger partial charge in [-0.25, -0.2) is 4.98 Å². The Hall–Kier alpha value is -1.35. The van der Waals surface area contributed by atoms with Crippen LogP contribution in [-0.4, -0.2) is 20.8 Å². The van der Waals surface area contributed by atoms with Crippen LogP contribution in [0.4, 0.5) is 0 Å². The Morgan fingerprint density at radius 2 is 2.27 bits per heavy atom. The molecule has 1 N–H and O–H groups in total. The third kappa shape index (κ3) is 2.18. The maximum Gasteiger partial charge on any atom is 0.0955 e. The number of aliphatic hydroxyl groups excluding tert-OH is 1. The molecule has 2 rings (SSSR count). The molecule has 0 unspecified atom stereocenters. The molecule has 0 amide bonds. The smallest absolute Gasteiger partial charge is 0.0955 e. The van der Waals surface area contributed by atoms with Crippen LogP contribution in [0.1, 0.15) is 18.9 Å². The molecule has 0 aliphatic carbocycles. The highest BCUT2D eigenvalue weighted by Gasteiger charge is 2.02. The van der Waals surface area contributed by atoms with E-state index in [-0.39, 0.29) is 6.10 Å². The molecule has 0 spiro atoms. The predicted molar refractivity (Wildman–Crippen MR) is 60.7 cm³/mol. The first-order chi connectivity index (χ1) is 7.16. The van der Waals surface area contributed by atoms with E-state index in [2.05, 4.69) is 23.2 Å². The Bertz CT molecular complexity index is 460. The highest BCUT2D eigenvalue weighted by Crippen LogP contribution is 2.15. The molecule has 1 atom stereocenters. The van der Waals surface area contributed by atoms with Crippen molar-refractivity contribution < 1.29 is 5.11 Å². The fraction of sp³-hybridized carbons (Fsp3) is 0.417. The van der Waals surface area contributed by atoms with Gasteiger partial charge in [-0.2, -0.15) is 0 Å². The second kappa shape index (κ2) is 4.03. The normalized spacial score (nSPS) is 13.3. The molecule has 0 saturated heterocycles. The number of hydrogen-bond acceptors (Lipinski definition) is 2. The zero-order valence-electron chi connectivity index (χ0n) is 9.14. The number of imidazole rings is 1. The lowest BCUT2D eigenvalue weighted by molar-refractivity contribution is 0.185. The van der Waals surface area contributed by atoms with Gasteiger partial charge in [-0.1, -0.05) is 6.07 Å². The molecule has 0 saturated carbocycles. The molecular weight excluding hydrogens is 188 g/mol. The summed E-state index contributed by atoms with van der Waals surface area (Å²) in [6.45, 7) is 1.82. The van der Waals surface area contributed by atoms with Crippen molar-refractivity contribution in [3.63, 3.8) is 0 Å². The lowest BCUT2D eigenvalue weighted by Crippen LogP contribution is -2.01. The molecule has 1 aromatic carbocycles. The SMILES string of the molecule is C[C@@H](O)CCc1ccc2c(c1)ncn2C. The first kappa shape index (κ1) is 10.2. The van der Waals surface area contributed by atoms with Gasteiger partial charge in [0.25, 0.3) is 0 Å². The van der Waals surface area contributed by atoms with Crippen molar-refractivity contribution in [1.82, 2.24) is 9.55 Å². The molecule has 80 valence electrons. The van der Waals surface area contributed by atoms with Crippen molar-refractivity contribution in [2.24, 2.45) is 7.05 Å². The standard InChI is InChI=1S/C12H16N2O/c1-9(15)3-4-10-5-6-12-11(7-10)13-8-14(12)2/h5-9,15H,3-4H2,1-2H3/t9-/m1/s1. The number of hydrogen-bond donors (Lipinski definition) is 1. The van der Waals surface area contributed by atoms with Gasteiger partial charge in [-0.3, -0.25) is 0 Å². The van der Waals surface area contributed by atoms with Gasteiger partial charge in [-0.15, -0.1) is 0 Å². The largest absolute Gasteiger partial charge is 0.393 e. The summed E-state index contributed by atoms with van der Waals surface area (Å²) in [6, 6.07) is 6.28. The summed E-state index contributed by atoms with van der Waals surface area (Å²) in [4.78, 5) is 4.31. The summed E-state index contributed by atoms with van der Waals surface area (Å²) >= 11 is 0. The van der Waals surface area contributed by atoms with E-state index in [4.69, 9.17) is 0 Å². The molecule has 3 heteroatoms. The van der Waals surface area contributed by atoms with E-state index in [9.17, 15) is 5.11 Å². The number of aliphatic hydroxyl groups is 1. The number of nitrogens with zero attached hydrogens (tertiary/aromatic N) is 2. The minimum Gasteiger partial charge on any atom is -0.393 e. The molecule has 2 aromatic rings. The third-order valence-electron chi connectivity index (χ3n) is 2.64. The van der Waals surface area contributed by atoms with Gasteiger partial charge in [0.2, 0.25) is 0 Å². The van der Waals surface area contributed by atoms with Crippen LogP contribution >= 0.6 is 0 Å². The summed E-state index contributed by atoms with van der Waals surface area (Å²) in [7, 11) is 1.99. The molecule has 1 heterocycles. The summed E-state index contributed by atoms with van der Waals surface area (Å²) in [5.74, 6) is 0. The second-order valence-corrected chi connectivity index (χ2v) is 4.07. The van der Waals surface area contributed by atoms with Crippen molar-refractivity contribution >= 4 is 11.0 Å². The van der Waals surface area contributed by atoms with Crippen LogP contribution in [0.15, 0.2) is 24.5 Å². The first-order valence-electron chi connectivity index (χ1n) is 5.25. The molecule has 0 aliphatic heterocycles. The molecule has 0 bridgehead atoms. The minimum absolute atomic E-state index is 0.232. The van der Waals surface area contributed by atoms with Crippen LogP contribution in [0.3, 0.4) is 0 Å². The van der Waals surface area contributed by atoms with E-state index < -0.39 is 0 Å². The molecule has 1 aromatic heterocycles. The number of benzene rings is 1. The number of aryl methyl sites for hydroxylation is 2. The molecule has 15 heavy (non-hydrogen) atoms. The Morgan fingerprint density at radius 3 is 3.00 bits per heavy atom. The molecule has 3 nitrogen and oxygen atoms in total. The van der Waals surface area contributed by atoms with Crippen molar-refractivity contribution in [3.8, 4) is 0 Å². The maximum absolute atomic E-state index is 9.21. The Balaban J connectivity index is 2.23. The van der Waals surface area contributed by atoms with Gasteiger partial charge in [0.1, 0.15) is 0 Å². The van der Waals surface area contributed by atoms with Gasteiger partial charge < -0.3 is 9.67 Å². The fourth-order valence-electron chi connectivity index (χ4n) is 1.71. The Labute approximate surface area is 89.4 Å².